The smallest absolute Gasteiger partial charge is 0.258 e. The summed E-state index contributed by atoms with van der Waals surface area (Å²) in [7, 11) is -9.03. The highest BCUT2D eigenvalue weighted by molar-refractivity contribution is 7.76. The zero-order chi connectivity index (χ0) is 14.0. The van der Waals surface area contributed by atoms with Crippen molar-refractivity contribution in [3.63, 3.8) is 0 Å². The predicted molar refractivity (Wildman–Crippen MR) is 68.1 cm³/mol. The molecule has 0 fully saturated rings. The van der Waals surface area contributed by atoms with Crippen LogP contribution in [0.1, 0.15) is 5.56 Å². The van der Waals surface area contributed by atoms with Crippen LogP contribution in [0.2, 0.25) is 0 Å². The van der Waals surface area contributed by atoms with Crippen LogP contribution < -0.4 is 11.5 Å². The molecule has 0 aliphatic heterocycles. The molecule has 18 heavy (non-hydrogen) atoms. The molecule has 1 rings (SSSR count). The molecule has 1 aromatic carbocycles. The first-order chi connectivity index (χ1) is 8.23. The zero-order valence-electron chi connectivity index (χ0n) is 9.51. The lowest BCUT2D eigenvalue weighted by atomic mass is 10.2. The van der Waals surface area contributed by atoms with Crippen LogP contribution in [-0.4, -0.2) is 27.5 Å². The molecule has 0 spiro atoms. The molecule has 9 heteroatoms. The summed E-state index contributed by atoms with van der Waals surface area (Å²) in [5.74, 6) is 0. The van der Waals surface area contributed by atoms with Gasteiger partial charge in [-0.1, -0.05) is 30.3 Å². The van der Waals surface area contributed by atoms with E-state index < -0.39 is 32.4 Å². The second kappa shape index (κ2) is 5.23. The first kappa shape index (κ1) is 15.5. The van der Waals surface area contributed by atoms with Crippen molar-refractivity contribution in [2.75, 3.05) is 12.6 Å². The fraction of sp³-hybridized carbons (Fsp3) is 0.333. The Morgan fingerprint density at radius 1 is 1.00 bits per heavy atom. The second-order valence-electron chi connectivity index (χ2n) is 3.77. The molecule has 0 saturated heterocycles. The van der Waals surface area contributed by atoms with E-state index in [0.717, 1.165) is 0 Å². The van der Waals surface area contributed by atoms with Gasteiger partial charge in [-0.2, -0.15) is 0 Å². The molecule has 0 aliphatic rings. The largest absolute Gasteiger partial charge is 0.368 e. The quantitative estimate of drug-likeness (QED) is 0.486. The molecule has 0 aromatic heterocycles. The van der Waals surface area contributed by atoms with Crippen LogP contribution in [0, 0.1) is 0 Å². The summed E-state index contributed by atoms with van der Waals surface area (Å²) in [6.45, 7) is 0. The van der Waals surface area contributed by atoms with Crippen molar-refractivity contribution in [3.8, 4) is 0 Å². The summed E-state index contributed by atoms with van der Waals surface area (Å²) in [5.41, 5.74) is 10.1. The highest BCUT2D eigenvalue weighted by atomic mass is 31.2. The molecule has 0 bridgehead atoms. The summed E-state index contributed by atoms with van der Waals surface area (Å²) < 4.78 is 24.0. The van der Waals surface area contributed by atoms with Gasteiger partial charge in [-0.25, -0.2) is 0 Å². The van der Waals surface area contributed by atoms with Crippen LogP contribution in [0.3, 0.4) is 0 Å². The summed E-state index contributed by atoms with van der Waals surface area (Å²) in [6, 6.07) is 7.08. The van der Waals surface area contributed by atoms with Crippen LogP contribution in [0.5, 0.6) is 0 Å². The molecule has 0 radical (unpaired) electrons. The lowest BCUT2D eigenvalue weighted by Gasteiger charge is -2.35. The standard InChI is InChI=1S/C9H16N2O5P2/c10-6-17(13,14)9(12,18(15,16)7-11)8-4-2-1-3-5-8/h1-5,12H,6-7,10-11H2,(H,13,14)(H,15,16). The van der Waals surface area contributed by atoms with Crippen molar-refractivity contribution in [2.24, 2.45) is 11.5 Å². The Labute approximate surface area is 104 Å². The van der Waals surface area contributed by atoms with E-state index in [0.29, 0.717) is 0 Å². The SMILES string of the molecule is NCP(=O)(O)C(O)(c1ccccc1)P(=O)(O)CN. The molecule has 0 saturated carbocycles. The first-order valence-corrected chi connectivity index (χ1v) is 8.74. The van der Waals surface area contributed by atoms with Crippen LogP contribution >= 0.6 is 14.7 Å². The Morgan fingerprint density at radius 3 is 1.72 bits per heavy atom. The van der Waals surface area contributed by atoms with E-state index in [2.05, 4.69) is 0 Å². The highest BCUT2D eigenvalue weighted by Gasteiger charge is 2.58. The molecule has 2 unspecified atom stereocenters. The van der Waals surface area contributed by atoms with Crippen molar-refractivity contribution in [1.82, 2.24) is 0 Å². The summed E-state index contributed by atoms with van der Waals surface area (Å²) in [6.07, 6.45) is -1.66. The molecule has 2 atom stereocenters. The molecular formula is C9H16N2O5P2. The third-order valence-corrected chi connectivity index (χ3v) is 7.96. The lowest BCUT2D eigenvalue weighted by Crippen LogP contribution is -2.31. The maximum atomic E-state index is 12.0. The Balaban J connectivity index is 3.56. The van der Waals surface area contributed by atoms with E-state index in [1.165, 1.54) is 24.3 Å². The van der Waals surface area contributed by atoms with Crippen molar-refractivity contribution in [2.45, 2.75) is 5.08 Å². The molecule has 0 aliphatic carbocycles. The van der Waals surface area contributed by atoms with E-state index in [9.17, 15) is 24.0 Å². The van der Waals surface area contributed by atoms with Gasteiger partial charge in [-0.3, -0.25) is 9.13 Å². The summed E-state index contributed by atoms with van der Waals surface area (Å²) >= 11 is 0. The Kier molecular flexibility index (Phi) is 4.51. The van der Waals surface area contributed by atoms with Crippen LogP contribution in [0.25, 0.3) is 0 Å². The maximum Gasteiger partial charge on any atom is 0.258 e. The first-order valence-electron chi connectivity index (χ1n) is 5.05. The minimum atomic E-state index is -4.52. The highest BCUT2D eigenvalue weighted by Crippen LogP contribution is 2.74. The Hall–Kier alpha value is -0.520. The minimum Gasteiger partial charge on any atom is -0.368 e. The van der Waals surface area contributed by atoms with Crippen LogP contribution in [0.4, 0.5) is 0 Å². The third kappa shape index (κ3) is 2.31. The third-order valence-electron chi connectivity index (χ3n) is 2.63. The van der Waals surface area contributed by atoms with E-state index in [4.69, 9.17) is 11.5 Å². The zero-order valence-corrected chi connectivity index (χ0v) is 11.3. The van der Waals surface area contributed by atoms with Crippen LogP contribution in [0.15, 0.2) is 30.3 Å². The molecule has 102 valence electrons. The van der Waals surface area contributed by atoms with Gasteiger partial charge >= 0.3 is 0 Å². The molecule has 7 N–H and O–H groups in total. The average Bonchev–Trinajstić information content (AvgIpc) is 2.38. The minimum absolute atomic E-state index is 0.155. The fourth-order valence-corrected chi connectivity index (χ4v) is 5.62. The van der Waals surface area contributed by atoms with E-state index in [1.54, 1.807) is 6.07 Å². The number of rotatable bonds is 5. The number of aliphatic hydroxyl groups is 1. The van der Waals surface area contributed by atoms with Crippen molar-refractivity contribution < 1.29 is 24.0 Å². The van der Waals surface area contributed by atoms with Gasteiger partial charge in [0.15, 0.2) is 0 Å². The number of hydrogen-bond donors (Lipinski definition) is 5. The predicted octanol–water partition coefficient (Wildman–Crippen LogP) is 0.162. The van der Waals surface area contributed by atoms with Crippen molar-refractivity contribution >= 4 is 14.7 Å². The van der Waals surface area contributed by atoms with E-state index in [1.807, 2.05) is 0 Å². The maximum absolute atomic E-state index is 12.0. The number of nitrogens with two attached hydrogens (primary N) is 2. The summed E-state index contributed by atoms with van der Waals surface area (Å²) in [4.78, 5) is 19.5. The van der Waals surface area contributed by atoms with E-state index in [-0.39, 0.29) is 5.56 Å². The Morgan fingerprint density at radius 2 is 1.39 bits per heavy atom. The fourth-order valence-electron chi connectivity index (χ4n) is 1.56. The molecular weight excluding hydrogens is 278 g/mol. The molecule has 0 amide bonds. The number of benzene rings is 1. The van der Waals surface area contributed by atoms with Crippen LogP contribution in [-0.2, 0) is 14.2 Å². The number of hydrogen-bond acceptors (Lipinski definition) is 5. The van der Waals surface area contributed by atoms with Gasteiger partial charge in [0.2, 0.25) is 5.08 Å². The van der Waals surface area contributed by atoms with Gasteiger partial charge in [0, 0.05) is 5.56 Å². The average molecular weight is 294 g/mol. The van der Waals surface area contributed by atoms with Gasteiger partial charge in [0.05, 0.1) is 12.6 Å². The van der Waals surface area contributed by atoms with Gasteiger partial charge in [0.25, 0.3) is 14.7 Å². The topological polar surface area (TPSA) is 147 Å². The van der Waals surface area contributed by atoms with Gasteiger partial charge in [-0.15, -0.1) is 0 Å². The van der Waals surface area contributed by atoms with Gasteiger partial charge < -0.3 is 26.4 Å². The van der Waals surface area contributed by atoms with Gasteiger partial charge in [0.1, 0.15) is 0 Å². The van der Waals surface area contributed by atoms with Crippen molar-refractivity contribution in [3.05, 3.63) is 35.9 Å². The van der Waals surface area contributed by atoms with E-state index >= 15 is 0 Å². The molecule has 1 aromatic rings. The second-order valence-corrected chi connectivity index (χ2v) is 8.95. The monoisotopic (exact) mass is 294 g/mol. The lowest BCUT2D eigenvalue weighted by molar-refractivity contribution is 0.171. The summed E-state index contributed by atoms with van der Waals surface area (Å²) in [5, 5.41) is 7.51. The van der Waals surface area contributed by atoms with Crippen molar-refractivity contribution in [1.29, 1.82) is 0 Å². The molecule has 0 heterocycles. The normalized spacial score (nSPS) is 21.6. The van der Waals surface area contributed by atoms with Gasteiger partial charge in [-0.05, 0) is 0 Å². The molecule has 7 nitrogen and oxygen atoms in total. The Bertz CT molecular complexity index is 483.